The van der Waals surface area contributed by atoms with Gasteiger partial charge in [0.2, 0.25) is 0 Å². The highest BCUT2D eigenvalue weighted by Gasteiger charge is 2.38. The Morgan fingerprint density at radius 1 is 0.387 bits per heavy atom. The molecule has 0 saturated heterocycles. The summed E-state index contributed by atoms with van der Waals surface area (Å²) >= 11 is 0. The van der Waals surface area contributed by atoms with E-state index < -0.39 is 23.3 Å². The molecule has 0 aliphatic rings. The molecular weight excluding hydrogens is 795 g/mol. The van der Waals surface area contributed by atoms with Crippen molar-refractivity contribution in [2.45, 2.75) is 207 Å². The van der Waals surface area contributed by atoms with Crippen LogP contribution in [0.5, 0.6) is 0 Å². The SMILES string of the molecule is CCCCCCCOC(=O)CCCCC(=O)OCC(COC(=O)CCCCC(=O)OCCCCCCC)(COC(=O)CCCN(C)C)COC(=O)C(CCCCC)CCCCC. The van der Waals surface area contributed by atoms with Crippen molar-refractivity contribution in [1.29, 1.82) is 0 Å². The van der Waals surface area contributed by atoms with Crippen LogP contribution < -0.4 is 0 Å². The standard InChI is InChI=1S/C49H89NO12/c1-7-11-15-17-25-36-57-43(51)30-21-23-32-45(53)59-38-49(40-61-47(55)34-27-35-50(5)6,41-62-48(56)42(28-19-13-9-3)29-20-14-10-4)39-60-46(54)33-24-22-31-44(52)58-37-26-18-16-12-8-2/h42H,7-41H2,1-6H3. The zero-order chi connectivity index (χ0) is 46.1. The molecule has 362 valence electrons. The molecule has 0 heterocycles. The maximum absolute atomic E-state index is 13.7. The molecule has 0 aliphatic carbocycles. The summed E-state index contributed by atoms with van der Waals surface area (Å²) in [4.78, 5) is 79.2. The van der Waals surface area contributed by atoms with Crippen molar-refractivity contribution < 1.29 is 57.2 Å². The van der Waals surface area contributed by atoms with Crippen LogP contribution in [0.2, 0.25) is 0 Å². The van der Waals surface area contributed by atoms with E-state index in [9.17, 15) is 28.8 Å². The van der Waals surface area contributed by atoms with Crippen LogP contribution in [-0.2, 0) is 57.2 Å². The number of hydrogen-bond acceptors (Lipinski definition) is 13. The zero-order valence-electron chi connectivity index (χ0n) is 40.2. The summed E-state index contributed by atoms with van der Waals surface area (Å²) < 4.78 is 33.9. The molecule has 0 spiro atoms. The number of nitrogens with zero attached hydrogens (tertiary/aromatic N) is 1. The number of unbranched alkanes of at least 4 members (excludes halogenated alkanes) is 14. The van der Waals surface area contributed by atoms with Gasteiger partial charge >= 0.3 is 35.8 Å². The molecular formula is C49H89NO12. The van der Waals surface area contributed by atoms with Gasteiger partial charge in [0.25, 0.3) is 0 Å². The fourth-order valence-corrected chi connectivity index (χ4v) is 6.72. The first kappa shape index (κ1) is 58.8. The Bertz CT molecular complexity index is 1110. The Kier molecular flexibility index (Phi) is 38.4. The number of esters is 6. The Balaban J connectivity index is 5.80. The summed E-state index contributed by atoms with van der Waals surface area (Å²) in [5, 5.41) is 0. The summed E-state index contributed by atoms with van der Waals surface area (Å²) in [5.41, 5.74) is -1.38. The van der Waals surface area contributed by atoms with Crippen LogP contribution in [0.15, 0.2) is 0 Å². The van der Waals surface area contributed by atoms with Gasteiger partial charge in [0.15, 0.2) is 0 Å². The third-order valence-corrected chi connectivity index (χ3v) is 10.8. The highest BCUT2D eigenvalue weighted by atomic mass is 16.6. The molecule has 0 unspecified atom stereocenters. The maximum atomic E-state index is 13.7. The summed E-state index contributed by atoms with van der Waals surface area (Å²) in [6.45, 7) is 8.71. The Hall–Kier alpha value is -3.22. The lowest BCUT2D eigenvalue weighted by atomic mass is 9.91. The first-order chi connectivity index (χ1) is 29.9. The lowest BCUT2D eigenvalue weighted by Gasteiger charge is -2.32. The predicted octanol–water partition coefficient (Wildman–Crippen LogP) is 10.4. The van der Waals surface area contributed by atoms with Crippen LogP contribution in [0.4, 0.5) is 0 Å². The third-order valence-electron chi connectivity index (χ3n) is 10.8. The van der Waals surface area contributed by atoms with Crippen molar-refractivity contribution in [2.24, 2.45) is 11.3 Å². The van der Waals surface area contributed by atoms with Crippen LogP contribution in [0.1, 0.15) is 207 Å². The van der Waals surface area contributed by atoms with Crippen LogP contribution in [0.25, 0.3) is 0 Å². The molecule has 13 nitrogen and oxygen atoms in total. The minimum atomic E-state index is -1.38. The molecule has 0 atom stereocenters. The second kappa shape index (κ2) is 40.5. The van der Waals surface area contributed by atoms with Crippen LogP contribution in [0.3, 0.4) is 0 Å². The van der Waals surface area contributed by atoms with E-state index in [2.05, 4.69) is 27.7 Å². The van der Waals surface area contributed by atoms with Crippen molar-refractivity contribution in [1.82, 2.24) is 4.90 Å². The third kappa shape index (κ3) is 35.3. The number of rotatable bonds is 43. The number of ether oxygens (including phenoxy) is 6. The molecule has 0 fully saturated rings. The minimum absolute atomic E-state index is 0.0303. The summed E-state index contributed by atoms with van der Waals surface area (Å²) in [6.07, 6.45) is 20.6. The van der Waals surface area contributed by atoms with Gasteiger partial charge in [-0.15, -0.1) is 0 Å². The number of hydrogen-bond donors (Lipinski definition) is 0. The molecule has 0 N–H and O–H groups in total. The quantitative estimate of drug-likeness (QED) is 0.0323. The molecule has 0 aromatic carbocycles. The first-order valence-electron chi connectivity index (χ1n) is 24.5. The van der Waals surface area contributed by atoms with Gasteiger partial charge in [0, 0.05) is 32.1 Å². The van der Waals surface area contributed by atoms with E-state index in [-0.39, 0.29) is 82.4 Å². The average Bonchev–Trinajstić information content (AvgIpc) is 3.25. The van der Waals surface area contributed by atoms with E-state index in [0.717, 1.165) is 89.9 Å². The second-order valence-corrected chi connectivity index (χ2v) is 17.4. The van der Waals surface area contributed by atoms with E-state index in [1.54, 1.807) is 0 Å². The summed E-state index contributed by atoms with van der Waals surface area (Å²) in [7, 11) is 3.82. The van der Waals surface area contributed by atoms with E-state index in [1.807, 2.05) is 19.0 Å². The van der Waals surface area contributed by atoms with Gasteiger partial charge in [-0.2, -0.15) is 0 Å². The van der Waals surface area contributed by atoms with Gasteiger partial charge < -0.3 is 33.3 Å². The van der Waals surface area contributed by atoms with Gasteiger partial charge in [0.1, 0.15) is 31.8 Å². The van der Waals surface area contributed by atoms with Gasteiger partial charge in [-0.1, -0.05) is 118 Å². The minimum Gasteiger partial charge on any atom is -0.466 e. The van der Waals surface area contributed by atoms with Gasteiger partial charge in [0.05, 0.1) is 19.1 Å². The number of carbonyl (C=O) groups excluding carboxylic acids is 6. The molecule has 0 radical (unpaired) electrons. The van der Waals surface area contributed by atoms with Crippen molar-refractivity contribution >= 4 is 35.8 Å². The molecule has 0 bridgehead atoms. The summed E-state index contributed by atoms with van der Waals surface area (Å²) in [6, 6.07) is 0. The second-order valence-electron chi connectivity index (χ2n) is 17.4. The molecule has 0 aromatic heterocycles. The van der Waals surface area contributed by atoms with Gasteiger partial charge in [-0.05, 0) is 78.4 Å². The molecule has 0 amide bonds. The van der Waals surface area contributed by atoms with E-state index in [1.165, 1.54) is 12.8 Å². The first-order valence-corrected chi connectivity index (χ1v) is 24.5. The van der Waals surface area contributed by atoms with Gasteiger partial charge in [-0.25, -0.2) is 0 Å². The van der Waals surface area contributed by atoms with Crippen LogP contribution in [0, 0.1) is 11.3 Å². The smallest absolute Gasteiger partial charge is 0.308 e. The molecule has 13 heteroatoms. The molecule has 0 saturated carbocycles. The van der Waals surface area contributed by atoms with E-state index in [0.29, 0.717) is 64.7 Å². The monoisotopic (exact) mass is 884 g/mol. The van der Waals surface area contributed by atoms with E-state index in [4.69, 9.17) is 28.4 Å². The van der Waals surface area contributed by atoms with Crippen molar-refractivity contribution in [3.05, 3.63) is 0 Å². The fraction of sp³-hybridized carbons (Fsp3) is 0.878. The highest BCUT2D eigenvalue weighted by molar-refractivity contribution is 5.73. The van der Waals surface area contributed by atoms with Crippen LogP contribution >= 0.6 is 0 Å². The average molecular weight is 884 g/mol. The topological polar surface area (TPSA) is 161 Å². The van der Waals surface area contributed by atoms with Gasteiger partial charge in [-0.3, -0.25) is 28.8 Å². The normalized spacial score (nSPS) is 11.4. The van der Waals surface area contributed by atoms with E-state index >= 15 is 0 Å². The molecule has 0 aromatic rings. The highest BCUT2D eigenvalue weighted by Crippen LogP contribution is 2.26. The molecule has 0 aliphatic heterocycles. The lowest BCUT2D eigenvalue weighted by Crippen LogP contribution is -2.44. The van der Waals surface area contributed by atoms with Crippen LogP contribution in [-0.4, -0.2) is 101 Å². The van der Waals surface area contributed by atoms with Crippen molar-refractivity contribution in [3.63, 3.8) is 0 Å². The Morgan fingerprint density at radius 2 is 0.710 bits per heavy atom. The zero-order valence-corrected chi connectivity index (χ0v) is 40.2. The lowest BCUT2D eigenvalue weighted by molar-refractivity contribution is -0.172. The number of carbonyl (C=O) groups is 6. The Morgan fingerprint density at radius 3 is 1.08 bits per heavy atom. The largest absolute Gasteiger partial charge is 0.466 e. The predicted molar refractivity (Wildman–Crippen MR) is 242 cm³/mol. The molecule has 0 rings (SSSR count). The summed E-state index contributed by atoms with van der Waals surface area (Å²) in [5.74, 6) is -2.84. The van der Waals surface area contributed by atoms with Crippen molar-refractivity contribution in [2.75, 3.05) is 60.3 Å². The Labute approximate surface area is 376 Å². The van der Waals surface area contributed by atoms with Crippen molar-refractivity contribution in [3.8, 4) is 0 Å². The maximum Gasteiger partial charge on any atom is 0.308 e. The molecule has 62 heavy (non-hydrogen) atoms. The fourth-order valence-electron chi connectivity index (χ4n) is 6.72.